The van der Waals surface area contributed by atoms with E-state index in [1.54, 1.807) is 36.5 Å². The molecule has 5 rings (SSSR count). The summed E-state index contributed by atoms with van der Waals surface area (Å²) < 4.78 is 34.6. The molecule has 0 aliphatic carbocycles. The first kappa shape index (κ1) is 26.3. The van der Waals surface area contributed by atoms with Crippen LogP contribution in [0.1, 0.15) is 21.5 Å². The van der Waals surface area contributed by atoms with Crippen molar-refractivity contribution in [2.75, 3.05) is 11.3 Å². The number of aromatic amines is 1. The van der Waals surface area contributed by atoms with Crippen LogP contribution in [0.2, 0.25) is 5.02 Å². The number of aromatic nitrogens is 1. The average Bonchev–Trinajstić information content (AvgIpc) is 3.34. The zero-order valence-corrected chi connectivity index (χ0v) is 22.4. The maximum atomic E-state index is 13.1. The molecule has 1 amide bonds. The summed E-state index contributed by atoms with van der Waals surface area (Å²) in [5, 5.41) is 4.06. The highest BCUT2D eigenvalue weighted by Crippen LogP contribution is 2.30. The monoisotopic (exact) mass is 559 g/mol. The maximum Gasteiger partial charge on any atom is 0.261 e. The molecule has 0 saturated carbocycles. The number of rotatable bonds is 10. The molecule has 0 bridgehead atoms. The van der Waals surface area contributed by atoms with Gasteiger partial charge in [-0.05, 0) is 53.9 Å². The van der Waals surface area contributed by atoms with Gasteiger partial charge in [-0.15, -0.1) is 0 Å². The summed E-state index contributed by atoms with van der Waals surface area (Å²) in [6.07, 6.45) is 2.22. The Balaban J connectivity index is 1.17. The number of hydrogen-bond acceptors (Lipinski definition) is 4. The van der Waals surface area contributed by atoms with E-state index in [-0.39, 0.29) is 16.4 Å². The number of para-hydroxylation sites is 1. The summed E-state index contributed by atoms with van der Waals surface area (Å²) in [6, 6.07) is 28.8. The molecule has 7 nitrogen and oxygen atoms in total. The fourth-order valence-electron chi connectivity index (χ4n) is 4.13. The predicted molar refractivity (Wildman–Crippen MR) is 154 cm³/mol. The first-order valence-electron chi connectivity index (χ1n) is 12.3. The third-order valence-electron chi connectivity index (χ3n) is 6.19. The van der Waals surface area contributed by atoms with Gasteiger partial charge < -0.3 is 15.0 Å². The Morgan fingerprint density at radius 1 is 0.872 bits per heavy atom. The van der Waals surface area contributed by atoms with E-state index in [1.165, 1.54) is 12.1 Å². The van der Waals surface area contributed by atoms with E-state index in [1.807, 2.05) is 54.6 Å². The van der Waals surface area contributed by atoms with E-state index in [9.17, 15) is 13.2 Å². The van der Waals surface area contributed by atoms with Gasteiger partial charge >= 0.3 is 0 Å². The molecule has 9 heteroatoms. The minimum absolute atomic E-state index is 0.0177. The van der Waals surface area contributed by atoms with Crippen LogP contribution in [0, 0.1) is 0 Å². The van der Waals surface area contributed by atoms with E-state index in [0.717, 1.165) is 16.9 Å². The quantitative estimate of drug-likeness (QED) is 0.190. The van der Waals surface area contributed by atoms with E-state index in [4.69, 9.17) is 16.3 Å². The van der Waals surface area contributed by atoms with Gasteiger partial charge in [0.2, 0.25) is 0 Å². The van der Waals surface area contributed by atoms with E-state index in [2.05, 4.69) is 15.0 Å². The van der Waals surface area contributed by atoms with Gasteiger partial charge in [0.1, 0.15) is 12.4 Å². The lowest BCUT2D eigenvalue weighted by Gasteiger charge is -2.11. The third-order valence-corrected chi connectivity index (χ3v) is 7.86. The maximum absolute atomic E-state index is 13.1. The summed E-state index contributed by atoms with van der Waals surface area (Å²) in [6.45, 7) is 0.893. The highest BCUT2D eigenvalue weighted by Gasteiger charge is 2.18. The number of anilines is 1. The molecule has 0 atom stereocenters. The number of benzene rings is 4. The van der Waals surface area contributed by atoms with Crippen LogP contribution >= 0.6 is 11.6 Å². The number of carbonyl (C=O) groups is 1. The Labute approximate surface area is 231 Å². The molecule has 0 saturated heterocycles. The number of hydrogen-bond donors (Lipinski definition) is 3. The van der Waals surface area contributed by atoms with Crippen LogP contribution in [-0.4, -0.2) is 25.9 Å². The summed E-state index contributed by atoms with van der Waals surface area (Å²) in [7, 11) is -3.95. The minimum atomic E-state index is -3.95. The van der Waals surface area contributed by atoms with Crippen molar-refractivity contribution in [3.8, 4) is 5.75 Å². The van der Waals surface area contributed by atoms with Crippen LogP contribution in [0.3, 0.4) is 0 Å². The Morgan fingerprint density at radius 3 is 2.44 bits per heavy atom. The SMILES string of the molecule is O=C(NCCc1ccc(OCc2ccccc2)cc1)c1cccc(S(=O)(=O)Nc2cccc3c(Cl)c[nH]c23)c1. The molecule has 198 valence electrons. The van der Waals surface area contributed by atoms with Gasteiger partial charge in [-0.25, -0.2) is 8.42 Å². The second kappa shape index (κ2) is 11.6. The highest BCUT2D eigenvalue weighted by molar-refractivity contribution is 7.92. The smallest absolute Gasteiger partial charge is 0.261 e. The molecule has 0 unspecified atom stereocenters. The summed E-state index contributed by atoms with van der Waals surface area (Å²) >= 11 is 6.15. The van der Waals surface area contributed by atoms with Gasteiger partial charge in [0.05, 0.1) is 21.1 Å². The average molecular weight is 560 g/mol. The lowest BCUT2D eigenvalue weighted by Crippen LogP contribution is -2.26. The molecule has 0 aliphatic heterocycles. The van der Waals surface area contributed by atoms with Gasteiger partial charge in [-0.3, -0.25) is 9.52 Å². The molecule has 0 radical (unpaired) electrons. The van der Waals surface area contributed by atoms with E-state index < -0.39 is 10.0 Å². The third kappa shape index (κ3) is 6.42. The standard InChI is InChI=1S/C30H26ClN3O4S/c31-27-19-33-29-26(27)10-5-11-28(29)34-39(36,37)25-9-4-8-23(18-25)30(35)32-17-16-21-12-14-24(15-13-21)38-20-22-6-2-1-3-7-22/h1-15,18-19,33-34H,16-17,20H2,(H,32,35). The normalized spacial score (nSPS) is 11.3. The lowest BCUT2D eigenvalue weighted by atomic mass is 10.1. The van der Waals surface area contributed by atoms with Gasteiger partial charge in [0, 0.05) is 23.7 Å². The highest BCUT2D eigenvalue weighted by atomic mass is 35.5. The van der Waals surface area contributed by atoms with Crippen LogP contribution in [0.15, 0.2) is 108 Å². The Morgan fingerprint density at radius 2 is 1.64 bits per heavy atom. The molecule has 0 spiro atoms. The van der Waals surface area contributed by atoms with Crippen LogP contribution in [0.25, 0.3) is 10.9 Å². The number of sulfonamides is 1. The Hall–Kier alpha value is -4.27. The predicted octanol–water partition coefficient (Wildman–Crippen LogP) is 6.17. The number of amides is 1. The second-order valence-electron chi connectivity index (χ2n) is 8.92. The first-order chi connectivity index (χ1) is 18.9. The van der Waals surface area contributed by atoms with E-state index >= 15 is 0 Å². The molecule has 3 N–H and O–H groups in total. The van der Waals surface area contributed by atoms with Crippen molar-refractivity contribution >= 4 is 44.1 Å². The fourth-order valence-corrected chi connectivity index (χ4v) is 5.46. The summed E-state index contributed by atoms with van der Waals surface area (Å²) in [5.41, 5.74) is 3.34. The number of halogens is 1. The van der Waals surface area contributed by atoms with Crippen LogP contribution in [0.5, 0.6) is 5.75 Å². The van der Waals surface area contributed by atoms with Crippen LogP contribution < -0.4 is 14.8 Å². The minimum Gasteiger partial charge on any atom is -0.489 e. The van der Waals surface area contributed by atoms with Crippen molar-refractivity contribution in [1.29, 1.82) is 0 Å². The van der Waals surface area contributed by atoms with E-state index in [0.29, 0.717) is 41.2 Å². The molecule has 0 aliphatic rings. The Bertz CT molecular complexity index is 1700. The van der Waals surface area contributed by atoms with Crippen molar-refractivity contribution in [2.45, 2.75) is 17.9 Å². The molecular formula is C30H26ClN3O4S. The van der Waals surface area contributed by atoms with Gasteiger partial charge in [0.15, 0.2) is 0 Å². The first-order valence-corrected chi connectivity index (χ1v) is 14.2. The Kier molecular flexibility index (Phi) is 7.86. The number of H-pyrrole nitrogens is 1. The summed E-state index contributed by atoms with van der Waals surface area (Å²) in [5.74, 6) is 0.419. The number of nitrogens with one attached hydrogen (secondary N) is 3. The molecule has 5 aromatic rings. The summed E-state index contributed by atoms with van der Waals surface area (Å²) in [4.78, 5) is 15.7. The topological polar surface area (TPSA) is 100 Å². The van der Waals surface area contributed by atoms with Gasteiger partial charge in [0.25, 0.3) is 15.9 Å². The van der Waals surface area contributed by atoms with Crippen molar-refractivity contribution in [3.05, 3.63) is 125 Å². The molecule has 0 fully saturated rings. The van der Waals surface area contributed by atoms with Crippen LogP contribution in [0.4, 0.5) is 5.69 Å². The number of carbonyl (C=O) groups excluding carboxylic acids is 1. The molecular weight excluding hydrogens is 534 g/mol. The molecule has 1 aromatic heterocycles. The lowest BCUT2D eigenvalue weighted by molar-refractivity contribution is 0.0954. The molecule has 39 heavy (non-hydrogen) atoms. The molecule has 1 heterocycles. The zero-order valence-electron chi connectivity index (χ0n) is 20.9. The fraction of sp³-hybridized carbons (Fsp3) is 0.100. The second-order valence-corrected chi connectivity index (χ2v) is 11.0. The number of fused-ring (bicyclic) bond motifs is 1. The van der Waals surface area contributed by atoms with Crippen molar-refractivity contribution < 1.29 is 17.9 Å². The molecule has 4 aromatic carbocycles. The number of ether oxygens (including phenoxy) is 1. The van der Waals surface area contributed by atoms with Gasteiger partial charge in [-0.1, -0.05) is 72.3 Å². The van der Waals surface area contributed by atoms with Crippen molar-refractivity contribution in [2.24, 2.45) is 0 Å². The van der Waals surface area contributed by atoms with Gasteiger partial charge in [-0.2, -0.15) is 0 Å². The van der Waals surface area contributed by atoms with Crippen LogP contribution in [-0.2, 0) is 23.1 Å². The largest absolute Gasteiger partial charge is 0.489 e. The van der Waals surface area contributed by atoms with Crippen molar-refractivity contribution in [3.63, 3.8) is 0 Å². The van der Waals surface area contributed by atoms with Crippen molar-refractivity contribution in [1.82, 2.24) is 10.3 Å². The zero-order chi connectivity index (χ0) is 27.2.